The summed E-state index contributed by atoms with van der Waals surface area (Å²) in [4.78, 5) is 48.3. The molecule has 2 aromatic carbocycles. The summed E-state index contributed by atoms with van der Waals surface area (Å²) in [5.74, 6) is 18.6. The number of hydrogen-bond donors (Lipinski definition) is 12. The number of aliphatic hydroxyl groups excluding tert-OH is 4. The minimum atomic E-state index is -1.13. The number of carbonyl (C=O) groups excluding carboxylic acids is 4. The summed E-state index contributed by atoms with van der Waals surface area (Å²) in [5, 5.41) is 61.3. The van der Waals surface area contributed by atoms with Gasteiger partial charge in [-0.05, 0) is 107 Å². The van der Waals surface area contributed by atoms with Crippen molar-refractivity contribution in [1.82, 2.24) is 26.9 Å². The zero-order valence-corrected chi connectivity index (χ0v) is 34.2. The molecule has 0 unspecified atom stereocenters. The molecule has 0 bridgehead atoms. The van der Waals surface area contributed by atoms with Crippen LogP contribution >= 0.6 is 27.0 Å². The van der Waals surface area contributed by atoms with Gasteiger partial charge in [-0.25, -0.2) is 11.0 Å². The topological polar surface area (TPSA) is 276 Å². The summed E-state index contributed by atoms with van der Waals surface area (Å²) >= 11 is 0. The molecule has 0 radical (unpaired) electrons. The molecule has 13 N–H and O–H groups in total. The van der Waals surface area contributed by atoms with Crippen LogP contribution in [0.2, 0.25) is 0 Å². The van der Waals surface area contributed by atoms with Gasteiger partial charge in [0.05, 0.1) is 25.4 Å². The van der Waals surface area contributed by atoms with Gasteiger partial charge in [0.15, 0.2) is 0 Å². The third kappa shape index (κ3) is 20.1. The van der Waals surface area contributed by atoms with E-state index in [1.54, 1.807) is 76.6 Å². The van der Waals surface area contributed by atoms with Crippen molar-refractivity contribution in [3.63, 3.8) is 0 Å². The molecule has 2 rings (SSSR count). The fourth-order valence-electron chi connectivity index (χ4n) is 4.04. The van der Waals surface area contributed by atoms with E-state index in [9.17, 15) is 19.2 Å². The van der Waals surface area contributed by atoms with Gasteiger partial charge in [0.1, 0.15) is 12.1 Å². The number of hydrogen-bond acceptors (Lipinski definition) is 12. The summed E-state index contributed by atoms with van der Waals surface area (Å²) in [7, 11) is 1.64. The Hall–Kier alpha value is -5.06. The molecule has 310 valence electrons. The molecule has 0 aliphatic rings. The van der Waals surface area contributed by atoms with E-state index >= 15 is 0 Å². The highest BCUT2D eigenvalue weighted by Gasteiger charge is 2.36. The summed E-state index contributed by atoms with van der Waals surface area (Å²) in [6, 6.07) is 10.5. The standard InChI is InChI=1S/C20H25N3O5.C19H23N3O5.2H2S/c1-20(2,21-3)17(19(27)23-28)22-18(26)15-11-9-14(10-12-15)7-5-4-6-8-16(25)13-24;1-19(2,20)16(18(26)22-27)21-17(25)14-10-8-13(9-11-14)6-4-3-5-7-15(24)12-23;;/h9-12,16-17,21,24-25,28H,8,13H2,1-3H3,(H,22,26)(H,23,27);8-11,15-16,23-24,27H,7,12,20H2,1-2H3,(H,21,25)(H,22,26);2*1H2/t16-,17+;15-,16+;;/m00../s1. The maximum absolute atomic E-state index is 12.4. The van der Waals surface area contributed by atoms with Crippen LogP contribution < -0.4 is 32.6 Å². The second-order valence-corrected chi connectivity index (χ2v) is 12.9. The van der Waals surface area contributed by atoms with E-state index < -0.39 is 59.0 Å². The summed E-state index contributed by atoms with van der Waals surface area (Å²) < 4.78 is 0. The average molecular weight is 829 g/mol. The second-order valence-electron chi connectivity index (χ2n) is 12.9. The zero-order chi connectivity index (χ0) is 41.6. The van der Waals surface area contributed by atoms with Gasteiger partial charge in [0.2, 0.25) is 0 Å². The number of carbonyl (C=O) groups is 4. The van der Waals surface area contributed by atoms with Crippen LogP contribution in [-0.2, 0) is 9.59 Å². The number of nitrogens with one attached hydrogen (secondary N) is 5. The Kier molecular flexibility index (Phi) is 26.1. The van der Waals surface area contributed by atoms with Crippen molar-refractivity contribution < 1.29 is 50.0 Å². The Morgan fingerprint density at radius 1 is 0.649 bits per heavy atom. The fraction of sp³-hybridized carbons (Fsp3) is 0.385. The summed E-state index contributed by atoms with van der Waals surface area (Å²) in [5.41, 5.74) is 8.90. The molecular formula is C39H52N6O10S2. The highest BCUT2D eigenvalue weighted by Crippen LogP contribution is 2.12. The molecule has 4 amide bonds. The van der Waals surface area contributed by atoms with E-state index in [0.717, 1.165) is 0 Å². The SMILES string of the molecule is CC(C)(N)[C@H](NC(=O)c1ccc(C#CC#CC[C@H](O)CO)cc1)C(=O)NO.CNC(C)(C)[C@H](NC(=O)c1ccc(C#CC#CC[C@H](O)CO)cc1)C(=O)NO.S.S. The molecular weight excluding hydrogens is 777 g/mol. The molecule has 0 saturated heterocycles. The molecule has 57 heavy (non-hydrogen) atoms. The van der Waals surface area contributed by atoms with Gasteiger partial charge in [0.25, 0.3) is 23.6 Å². The lowest BCUT2D eigenvalue weighted by Gasteiger charge is -2.32. The second kappa shape index (κ2) is 27.5. The summed E-state index contributed by atoms with van der Waals surface area (Å²) in [6.07, 6.45) is -1.50. The van der Waals surface area contributed by atoms with Crippen molar-refractivity contribution >= 4 is 50.6 Å². The van der Waals surface area contributed by atoms with Gasteiger partial charge in [-0.1, -0.05) is 23.7 Å². The lowest BCUT2D eigenvalue weighted by molar-refractivity contribution is -0.133. The van der Waals surface area contributed by atoms with Crippen LogP contribution in [0.3, 0.4) is 0 Å². The van der Waals surface area contributed by atoms with Crippen molar-refractivity contribution in [3.8, 4) is 47.4 Å². The molecule has 0 aliphatic carbocycles. The number of nitrogens with two attached hydrogens (primary N) is 1. The number of amides is 4. The maximum Gasteiger partial charge on any atom is 0.267 e. The van der Waals surface area contributed by atoms with Crippen LogP contribution in [0.5, 0.6) is 0 Å². The van der Waals surface area contributed by atoms with Gasteiger partial charge in [0, 0.05) is 46.2 Å². The minimum absolute atomic E-state index is 0. The van der Waals surface area contributed by atoms with E-state index in [2.05, 4.69) is 63.3 Å². The highest BCUT2D eigenvalue weighted by molar-refractivity contribution is 7.59. The van der Waals surface area contributed by atoms with Crippen molar-refractivity contribution in [1.29, 1.82) is 0 Å². The number of hydroxylamine groups is 2. The van der Waals surface area contributed by atoms with Gasteiger partial charge >= 0.3 is 0 Å². The van der Waals surface area contributed by atoms with Crippen LogP contribution in [-0.4, -0.2) is 110 Å². The largest absolute Gasteiger partial charge is 0.394 e. The number of aliphatic hydroxyl groups is 4. The maximum atomic E-state index is 12.4. The highest BCUT2D eigenvalue weighted by atomic mass is 32.1. The fourth-order valence-corrected chi connectivity index (χ4v) is 4.04. The number of rotatable bonds is 13. The van der Waals surface area contributed by atoms with Crippen LogP contribution in [0.4, 0.5) is 0 Å². The molecule has 0 spiro atoms. The van der Waals surface area contributed by atoms with Gasteiger partial charge < -0.3 is 42.1 Å². The van der Waals surface area contributed by atoms with Gasteiger partial charge in [-0.3, -0.25) is 29.6 Å². The van der Waals surface area contributed by atoms with E-state index in [-0.39, 0.29) is 58.6 Å². The van der Waals surface area contributed by atoms with Crippen molar-refractivity contribution in [3.05, 3.63) is 70.8 Å². The first-order valence-electron chi connectivity index (χ1n) is 16.7. The van der Waals surface area contributed by atoms with Crippen molar-refractivity contribution in [2.75, 3.05) is 20.3 Å². The predicted octanol–water partition coefficient (Wildman–Crippen LogP) is -1.26. The molecule has 0 heterocycles. The molecule has 0 fully saturated rings. The quantitative estimate of drug-likeness (QED) is 0.0641. The first-order valence-corrected chi connectivity index (χ1v) is 16.7. The molecule has 16 nitrogen and oxygen atoms in total. The Labute approximate surface area is 346 Å². The molecule has 18 heteroatoms. The third-order valence-electron chi connectivity index (χ3n) is 7.51. The van der Waals surface area contributed by atoms with E-state index in [1.165, 1.54) is 17.6 Å². The monoisotopic (exact) mass is 828 g/mol. The Balaban J connectivity index is 0. The van der Waals surface area contributed by atoms with Crippen LogP contribution in [0.25, 0.3) is 0 Å². The first kappa shape index (κ1) is 54.0. The lowest BCUT2D eigenvalue weighted by atomic mass is 9.93. The molecule has 4 atom stereocenters. The van der Waals surface area contributed by atoms with Gasteiger partial charge in [-0.15, -0.1) is 0 Å². The molecule has 0 aliphatic heterocycles. The van der Waals surface area contributed by atoms with Crippen molar-refractivity contribution in [2.24, 2.45) is 5.73 Å². The zero-order valence-electron chi connectivity index (χ0n) is 32.2. The molecule has 0 aromatic heterocycles. The van der Waals surface area contributed by atoms with E-state index in [1.807, 2.05) is 0 Å². The van der Waals surface area contributed by atoms with Crippen LogP contribution in [0, 0.1) is 47.4 Å². The Morgan fingerprint density at radius 2 is 1.00 bits per heavy atom. The minimum Gasteiger partial charge on any atom is -0.394 e. The smallest absolute Gasteiger partial charge is 0.267 e. The van der Waals surface area contributed by atoms with Gasteiger partial charge in [-0.2, -0.15) is 27.0 Å². The number of likely N-dealkylation sites (N-methyl/N-ethyl adjacent to an activating group) is 1. The first-order chi connectivity index (χ1) is 25.9. The van der Waals surface area contributed by atoms with Crippen LogP contribution in [0.1, 0.15) is 72.4 Å². The van der Waals surface area contributed by atoms with Crippen LogP contribution in [0.15, 0.2) is 48.5 Å². The van der Waals surface area contributed by atoms with E-state index in [0.29, 0.717) is 16.7 Å². The molecule has 0 saturated carbocycles. The summed E-state index contributed by atoms with van der Waals surface area (Å²) in [6.45, 7) is 5.82. The Morgan fingerprint density at radius 3 is 1.32 bits per heavy atom. The Bertz CT molecular complexity index is 1860. The van der Waals surface area contributed by atoms with E-state index in [4.69, 9.17) is 36.6 Å². The van der Waals surface area contributed by atoms with Crippen molar-refractivity contribution in [2.45, 2.75) is 75.9 Å². The predicted molar refractivity (Wildman–Crippen MR) is 222 cm³/mol. The average Bonchev–Trinajstić information content (AvgIpc) is 3.17. The normalized spacial score (nSPS) is 12.1. The molecule has 2 aromatic rings. The third-order valence-corrected chi connectivity index (χ3v) is 7.51. The lowest BCUT2D eigenvalue weighted by Crippen LogP contribution is -2.62. The number of benzene rings is 2.